The van der Waals surface area contributed by atoms with Gasteiger partial charge in [-0.3, -0.25) is 5.43 Å². The van der Waals surface area contributed by atoms with E-state index in [1.54, 1.807) is 12.3 Å². The number of rotatable bonds is 7. The number of thiocarbonyl (C=S) groups is 1. The van der Waals surface area contributed by atoms with Crippen LogP contribution < -0.4 is 15.5 Å². The Morgan fingerprint density at radius 1 is 1.13 bits per heavy atom. The standard InChI is InChI=1S/C18H19N3OS/c1-2-12-19-18(23)21-20-13-16-10-6-7-11-17(16)22-14-15-8-4-3-5-9-15/h2-11,13H,1,12,14H2,(H2,19,21,23). The van der Waals surface area contributed by atoms with E-state index in [-0.39, 0.29) is 0 Å². The zero-order valence-corrected chi connectivity index (χ0v) is 13.6. The molecule has 0 saturated carbocycles. The Bertz CT molecular complexity index is 671. The van der Waals surface area contributed by atoms with E-state index in [2.05, 4.69) is 22.4 Å². The Hall–Kier alpha value is -2.66. The van der Waals surface area contributed by atoms with Crippen LogP contribution >= 0.6 is 12.2 Å². The highest BCUT2D eigenvalue weighted by Gasteiger charge is 2.01. The molecule has 0 aromatic heterocycles. The number of para-hydroxylation sites is 1. The summed E-state index contributed by atoms with van der Waals surface area (Å²) in [6.07, 6.45) is 3.41. The largest absolute Gasteiger partial charge is 0.488 e. The average Bonchev–Trinajstić information content (AvgIpc) is 2.60. The van der Waals surface area contributed by atoms with Crippen LogP contribution in [0.25, 0.3) is 0 Å². The van der Waals surface area contributed by atoms with E-state index >= 15 is 0 Å². The monoisotopic (exact) mass is 325 g/mol. The molecule has 0 saturated heterocycles. The van der Waals surface area contributed by atoms with Gasteiger partial charge in [-0.05, 0) is 29.9 Å². The van der Waals surface area contributed by atoms with Gasteiger partial charge in [0.25, 0.3) is 0 Å². The molecule has 4 nitrogen and oxygen atoms in total. The minimum Gasteiger partial charge on any atom is -0.488 e. The van der Waals surface area contributed by atoms with Crippen molar-refractivity contribution in [3.8, 4) is 5.75 Å². The highest BCUT2D eigenvalue weighted by Crippen LogP contribution is 2.17. The molecule has 0 spiro atoms. The maximum atomic E-state index is 5.86. The molecule has 0 aliphatic carbocycles. The molecule has 2 N–H and O–H groups in total. The number of hydrogen-bond acceptors (Lipinski definition) is 3. The van der Waals surface area contributed by atoms with E-state index in [1.807, 2.05) is 54.6 Å². The van der Waals surface area contributed by atoms with Crippen LogP contribution in [0.5, 0.6) is 5.75 Å². The van der Waals surface area contributed by atoms with Crippen molar-refractivity contribution in [2.45, 2.75) is 6.61 Å². The predicted octanol–water partition coefficient (Wildman–Crippen LogP) is 3.25. The van der Waals surface area contributed by atoms with Gasteiger partial charge in [-0.15, -0.1) is 6.58 Å². The predicted molar refractivity (Wildman–Crippen MR) is 98.7 cm³/mol. The fraction of sp³-hybridized carbons (Fsp3) is 0.111. The van der Waals surface area contributed by atoms with Gasteiger partial charge in [0.15, 0.2) is 5.11 Å². The summed E-state index contributed by atoms with van der Waals surface area (Å²) < 4.78 is 5.86. The molecule has 0 heterocycles. The molecule has 0 bridgehead atoms. The molecule has 0 aliphatic rings. The van der Waals surface area contributed by atoms with E-state index in [1.165, 1.54) is 0 Å². The summed E-state index contributed by atoms with van der Waals surface area (Å²) in [5.74, 6) is 0.770. The van der Waals surface area contributed by atoms with E-state index in [0.29, 0.717) is 18.3 Å². The molecular formula is C18H19N3OS. The van der Waals surface area contributed by atoms with Crippen LogP contribution in [0.3, 0.4) is 0 Å². The highest BCUT2D eigenvalue weighted by molar-refractivity contribution is 7.80. The Labute approximate surface area is 141 Å². The van der Waals surface area contributed by atoms with Gasteiger partial charge < -0.3 is 10.1 Å². The van der Waals surface area contributed by atoms with Crippen molar-refractivity contribution in [3.63, 3.8) is 0 Å². The number of ether oxygens (including phenoxy) is 1. The first-order valence-corrected chi connectivity index (χ1v) is 7.64. The summed E-state index contributed by atoms with van der Waals surface area (Å²) in [4.78, 5) is 0. The zero-order valence-electron chi connectivity index (χ0n) is 12.7. The third-order valence-corrected chi connectivity index (χ3v) is 3.17. The smallest absolute Gasteiger partial charge is 0.187 e. The molecule has 0 unspecified atom stereocenters. The summed E-state index contributed by atoms with van der Waals surface area (Å²) in [5, 5.41) is 7.50. The summed E-state index contributed by atoms with van der Waals surface area (Å²) in [6.45, 7) is 4.72. The second-order valence-corrected chi connectivity index (χ2v) is 5.09. The average molecular weight is 325 g/mol. The summed E-state index contributed by atoms with van der Waals surface area (Å²) in [6, 6.07) is 17.8. The van der Waals surface area contributed by atoms with Crippen molar-refractivity contribution in [2.75, 3.05) is 6.54 Å². The van der Waals surface area contributed by atoms with E-state index in [4.69, 9.17) is 17.0 Å². The maximum Gasteiger partial charge on any atom is 0.187 e. The molecule has 0 aliphatic heterocycles. The fourth-order valence-corrected chi connectivity index (χ4v) is 1.95. The van der Waals surface area contributed by atoms with Crippen LogP contribution in [0.2, 0.25) is 0 Å². The first kappa shape index (κ1) is 16.7. The van der Waals surface area contributed by atoms with Gasteiger partial charge in [-0.2, -0.15) is 5.10 Å². The van der Waals surface area contributed by atoms with Crippen molar-refractivity contribution in [2.24, 2.45) is 5.10 Å². The molecule has 2 rings (SSSR count). The molecule has 2 aromatic carbocycles. The van der Waals surface area contributed by atoms with E-state index < -0.39 is 0 Å². The number of nitrogens with one attached hydrogen (secondary N) is 2. The van der Waals surface area contributed by atoms with Crippen molar-refractivity contribution in [1.82, 2.24) is 10.7 Å². The van der Waals surface area contributed by atoms with Crippen LogP contribution in [-0.2, 0) is 6.61 Å². The van der Waals surface area contributed by atoms with Gasteiger partial charge >= 0.3 is 0 Å². The fourth-order valence-electron chi connectivity index (χ4n) is 1.82. The Kier molecular flexibility index (Phi) is 6.81. The van der Waals surface area contributed by atoms with Gasteiger partial charge in [0.2, 0.25) is 0 Å². The Morgan fingerprint density at radius 2 is 1.87 bits per heavy atom. The summed E-state index contributed by atoms with van der Waals surface area (Å²) in [7, 11) is 0. The van der Waals surface area contributed by atoms with Crippen molar-refractivity contribution >= 4 is 23.5 Å². The summed E-state index contributed by atoms with van der Waals surface area (Å²) in [5.41, 5.74) is 4.75. The molecule has 23 heavy (non-hydrogen) atoms. The van der Waals surface area contributed by atoms with Crippen LogP contribution in [0.15, 0.2) is 72.4 Å². The Balaban J connectivity index is 1.94. The Morgan fingerprint density at radius 3 is 2.65 bits per heavy atom. The highest BCUT2D eigenvalue weighted by atomic mass is 32.1. The van der Waals surface area contributed by atoms with Crippen LogP contribution in [0, 0.1) is 0 Å². The number of hydrogen-bond donors (Lipinski definition) is 2. The topological polar surface area (TPSA) is 45.7 Å². The maximum absolute atomic E-state index is 5.86. The van der Waals surface area contributed by atoms with E-state index in [0.717, 1.165) is 16.9 Å². The normalized spacial score (nSPS) is 10.3. The van der Waals surface area contributed by atoms with Gasteiger partial charge in [0, 0.05) is 12.1 Å². The van der Waals surface area contributed by atoms with Gasteiger partial charge in [0.1, 0.15) is 12.4 Å². The van der Waals surface area contributed by atoms with E-state index in [9.17, 15) is 0 Å². The van der Waals surface area contributed by atoms with Crippen LogP contribution in [0.1, 0.15) is 11.1 Å². The van der Waals surface area contributed by atoms with Crippen LogP contribution in [-0.4, -0.2) is 17.9 Å². The quantitative estimate of drug-likeness (QED) is 0.355. The number of hydrazone groups is 1. The first-order chi connectivity index (χ1) is 11.3. The molecule has 2 aromatic rings. The second kappa shape index (κ2) is 9.38. The third-order valence-electron chi connectivity index (χ3n) is 2.93. The van der Waals surface area contributed by atoms with Gasteiger partial charge in [0.05, 0.1) is 6.21 Å². The summed E-state index contributed by atoms with van der Waals surface area (Å²) >= 11 is 5.07. The lowest BCUT2D eigenvalue weighted by Gasteiger charge is -2.09. The SMILES string of the molecule is C=CCNC(=S)NN=Cc1ccccc1OCc1ccccc1. The third kappa shape index (κ3) is 5.92. The lowest BCUT2D eigenvalue weighted by molar-refractivity contribution is 0.306. The molecule has 118 valence electrons. The molecule has 5 heteroatoms. The lowest BCUT2D eigenvalue weighted by Crippen LogP contribution is -2.31. The molecular weight excluding hydrogens is 306 g/mol. The molecule has 0 atom stereocenters. The van der Waals surface area contributed by atoms with Crippen LogP contribution in [0.4, 0.5) is 0 Å². The molecule has 0 radical (unpaired) electrons. The number of benzene rings is 2. The zero-order chi connectivity index (χ0) is 16.3. The van der Waals surface area contributed by atoms with Crippen molar-refractivity contribution in [1.29, 1.82) is 0 Å². The lowest BCUT2D eigenvalue weighted by atomic mass is 10.2. The van der Waals surface area contributed by atoms with Gasteiger partial charge in [-0.25, -0.2) is 0 Å². The minimum absolute atomic E-state index is 0.448. The second-order valence-electron chi connectivity index (χ2n) is 4.68. The first-order valence-electron chi connectivity index (χ1n) is 7.23. The minimum atomic E-state index is 0.448. The molecule has 0 fully saturated rings. The van der Waals surface area contributed by atoms with Gasteiger partial charge in [-0.1, -0.05) is 48.5 Å². The van der Waals surface area contributed by atoms with Crippen molar-refractivity contribution in [3.05, 3.63) is 78.4 Å². The number of nitrogens with zero attached hydrogens (tertiary/aromatic N) is 1. The van der Waals surface area contributed by atoms with Crippen molar-refractivity contribution < 1.29 is 4.74 Å². The molecule has 0 amide bonds.